The van der Waals surface area contributed by atoms with E-state index in [1.165, 1.54) is 5.56 Å². The summed E-state index contributed by atoms with van der Waals surface area (Å²) < 4.78 is 0. The number of terminal acetylenes is 1. The van der Waals surface area contributed by atoms with Crippen LogP contribution in [0.1, 0.15) is 31.7 Å². The first-order valence-corrected chi connectivity index (χ1v) is 6.21. The van der Waals surface area contributed by atoms with Gasteiger partial charge in [-0.2, -0.15) is 0 Å². The molecule has 0 saturated carbocycles. The summed E-state index contributed by atoms with van der Waals surface area (Å²) in [4.78, 5) is 11.5. The molecule has 18 heavy (non-hydrogen) atoms. The van der Waals surface area contributed by atoms with Gasteiger partial charge in [-0.1, -0.05) is 31.9 Å². The molecule has 1 amide bonds. The Hall–Kier alpha value is -1.79. The van der Waals surface area contributed by atoms with Gasteiger partial charge in [-0.3, -0.25) is 10.1 Å². The zero-order chi connectivity index (χ0) is 13.4. The Morgan fingerprint density at radius 3 is 2.61 bits per heavy atom. The maximum Gasteiger partial charge on any atom is 0.238 e. The van der Waals surface area contributed by atoms with Crippen LogP contribution in [-0.2, 0) is 4.79 Å². The summed E-state index contributed by atoms with van der Waals surface area (Å²) in [6, 6.07) is 7.97. The molecule has 3 heteroatoms. The number of carbonyl (C=O) groups excluding carboxylic acids is 1. The Bertz CT molecular complexity index is 417. The predicted molar refractivity (Wildman–Crippen MR) is 75.5 cm³/mol. The van der Waals surface area contributed by atoms with Crippen LogP contribution in [-0.4, -0.2) is 19.0 Å². The number of hydrogen-bond donors (Lipinski definition) is 2. The SMILES string of the molecule is C#CCNCC(=O)Nc1ccc([C@H](C)CC)cc1. The molecule has 0 aliphatic heterocycles. The Labute approximate surface area is 109 Å². The first-order chi connectivity index (χ1) is 8.67. The van der Waals surface area contributed by atoms with E-state index in [4.69, 9.17) is 6.42 Å². The number of anilines is 1. The Kier molecular flexibility index (Phi) is 5.96. The summed E-state index contributed by atoms with van der Waals surface area (Å²) in [6.07, 6.45) is 6.19. The molecule has 0 spiro atoms. The van der Waals surface area contributed by atoms with E-state index >= 15 is 0 Å². The zero-order valence-corrected chi connectivity index (χ0v) is 11.0. The standard InChI is InChI=1S/C15H20N2O/c1-4-10-16-11-15(18)17-14-8-6-13(7-9-14)12(3)5-2/h1,6-9,12,16H,5,10-11H2,2-3H3,(H,17,18)/t12-/m1/s1. The second kappa shape index (κ2) is 7.52. The smallest absolute Gasteiger partial charge is 0.238 e. The van der Waals surface area contributed by atoms with Crippen molar-refractivity contribution in [2.24, 2.45) is 0 Å². The molecule has 0 aromatic heterocycles. The fourth-order valence-electron chi connectivity index (χ4n) is 1.58. The molecule has 0 aliphatic rings. The van der Waals surface area contributed by atoms with Crippen molar-refractivity contribution < 1.29 is 4.79 Å². The topological polar surface area (TPSA) is 41.1 Å². The van der Waals surface area contributed by atoms with Crippen molar-refractivity contribution in [2.75, 3.05) is 18.4 Å². The molecule has 96 valence electrons. The highest BCUT2D eigenvalue weighted by atomic mass is 16.1. The van der Waals surface area contributed by atoms with E-state index in [1.807, 2.05) is 12.1 Å². The van der Waals surface area contributed by atoms with E-state index in [0.717, 1.165) is 12.1 Å². The minimum atomic E-state index is -0.0819. The van der Waals surface area contributed by atoms with Crippen LogP contribution in [0.3, 0.4) is 0 Å². The molecule has 1 aromatic rings. The van der Waals surface area contributed by atoms with E-state index in [9.17, 15) is 4.79 Å². The summed E-state index contributed by atoms with van der Waals surface area (Å²) in [7, 11) is 0. The van der Waals surface area contributed by atoms with E-state index in [1.54, 1.807) is 0 Å². The second-order valence-corrected chi connectivity index (χ2v) is 4.29. The average molecular weight is 244 g/mol. The molecule has 0 unspecified atom stereocenters. The van der Waals surface area contributed by atoms with Gasteiger partial charge in [0.1, 0.15) is 0 Å². The summed E-state index contributed by atoms with van der Waals surface area (Å²) >= 11 is 0. The minimum Gasteiger partial charge on any atom is -0.325 e. The molecule has 0 fully saturated rings. The number of carbonyl (C=O) groups is 1. The van der Waals surface area contributed by atoms with Crippen molar-refractivity contribution in [3.05, 3.63) is 29.8 Å². The highest BCUT2D eigenvalue weighted by Crippen LogP contribution is 2.20. The highest BCUT2D eigenvalue weighted by Gasteiger charge is 2.04. The van der Waals surface area contributed by atoms with Gasteiger partial charge in [0.05, 0.1) is 13.1 Å². The number of hydrogen-bond acceptors (Lipinski definition) is 2. The van der Waals surface area contributed by atoms with Crippen molar-refractivity contribution in [1.29, 1.82) is 0 Å². The fourth-order valence-corrected chi connectivity index (χ4v) is 1.58. The zero-order valence-electron chi connectivity index (χ0n) is 11.0. The molecule has 1 aromatic carbocycles. The van der Waals surface area contributed by atoms with Gasteiger partial charge >= 0.3 is 0 Å². The van der Waals surface area contributed by atoms with Crippen LogP contribution in [0, 0.1) is 12.3 Å². The quantitative estimate of drug-likeness (QED) is 0.596. The highest BCUT2D eigenvalue weighted by molar-refractivity contribution is 5.92. The van der Waals surface area contributed by atoms with Gasteiger partial charge in [0.2, 0.25) is 5.91 Å². The lowest BCUT2D eigenvalue weighted by Crippen LogP contribution is -2.28. The molecule has 0 bridgehead atoms. The van der Waals surface area contributed by atoms with Gasteiger partial charge in [-0.25, -0.2) is 0 Å². The molecule has 0 heterocycles. The van der Waals surface area contributed by atoms with Crippen molar-refractivity contribution >= 4 is 11.6 Å². The van der Waals surface area contributed by atoms with E-state index < -0.39 is 0 Å². The van der Waals surface area contributed by atoms with Crippen LogP contribution >= 0.6 is 0 Å². The maximum absolute atomic E-state index is 11.5. The lowest BCUT2D eigenvalue weighted by molar-refractivity contribution is -0.115. The molecular weight excluding hydrogens is 224 g/mol. The molecule has 0 saturated heterocycles. The first-order valence-electron chi connectivity index (χ1n) is 6.21. The third-order valence-corrected chi connectivity index (χ3v) is 2.89. The molecule has 1 atom stereocenters. The predicted octanol–water partition coefficient (Wildman–Crippen LogP) is 2.36. The molecule has 3 nitrogen and oxygen atoms in total. The monoisotopic (exact) mass is 244 g/mol. The third-order valence-electron chi connectivity index (χ3n) is 2.89. The molecule has 1 rings (SSSR count). The second-order valence-electron chi connectivity index (χ2n) is 4.29. The first kappa shape index (κ1) is 14.3. The number of benzene rings is 1. The summed E-state index contributed by atoms with van der Waals surface area (Å²) in [5.41, 5.74) is 2.11. The lowest BCUT2D eigenvalue weighted by atomic mass is 9.99. The summed E-state index contributed by atoms with van der Waals surface area (Å²) in [6.45, 7) is 4.99. The molecular formula is C15H20N2O. The fraction of sp³-hybridized carbons (Fsp3) is 0.400. The Morgan fingerprint density at radius 1 is 1.39 bits per heavy atom. The normalized spacial score (nSPS) is 11.6. The molecule has 0 radical (unpaired) electrons. The van der Waals surface area contributed by atoms with E-state index in [-0.39, 0.29) is 12.5 Å². The summed E-state index contributed by atoms with van der Waals surface area (Å²) in [5.74, 6) is 2.89. The van der Waals surface area contributed by atoms with Crippen molar-refractivity contribution in [3.63, 3.8) is 0 Å². The third kappa shape index (κ3) is 4.60. The van der Waals surface area contributed by atoms with Gasteiger partial charge < -0.3 is 5.32 Å². The number of nitrogens with one attached hydrogen (secondary N) is 2. The maximum atomic E-state index is 11.5. The van der Waals surface area contributed by atoms with Crippen LogP contribution in [0.25, 0.3) is 0 Å². The van der Waals surface area contributed by atoms with E-state index in [0.29, 0.717) is 12.5 Å². The number of amides is 1. The molecule has 2 N–H and O–H groups in total. The van der Waals surface area contributed by atoms with E-state index in [2.05, 4.69) is 42.5 Å². The van der Waals surface area contributed by atoms with Gasteiger partial charge in [0.15, 0.2) is 0 Å². The average Bonchev–Trinajstić information content (AvgIpc) is 2.39. The van der Waals surface area contributed by atoms with Crippen molar-refractivity contribution in [1.82, 2.24) is 5.32 Å². The largest absolute Gasteiger partial charge is 0.325 e. The van der Waals surface area contributed by atoms with Crippen molar-refractivity contribution in [2.45, 2.75) is 26.2 Å². The van der Waals surface area contributed by atoms with Crippen LogP contribution in [0.2, 0.25) is 0 Å². The Morgan fingerprint density at radius 2 is 2.06 bits per heavy atom. The minimum absolute atomic E-state index is 0.0819. The lowest BCUT2D eigenvalue weighted by Gasteiger charge is -2.10. The number of rotatable bonds is 6. The van der Waals surface area contributed by atoms with Gasteiger partial charge in [0.25, 0.3) is 0 Å². The van der Waals surface area contributed by atoms with Gasteiger partial charge in [-0.15, -0.1) is 6.42 Å². The van der Waals surface area contributed by atoms with Gasteiger partial charge in [-0.05, 0) is 30.0 Å². The van der Waals surface area contributed by atoms with Crippen LogP contribution in [0.4, 0.5) is 5.69 Å². The van der Waals surface area contributed by atoms with Crippen molar-refractivity contribution in [3.8, 4) is 12.3 Å². The van der Waals surface area contributed by atoms with Crippen LogP contribution < -0.4 is 10.6 Å². The van der Waals surface area contributed by atoms with Crippen LogP contribution in [0.5, 0.6) is 0 Å². The molecule has 0 aliphatic carbocycles. The van der Waals surface area contributed by atoms with Crippen LogP contribution in [0.15, 0.2) is 24.3 Å². The Balaban J connectivity index is 2.48. The van der Waals surface area contributed by atoms with Gasteiger partial charge in [0, 0.05) is 5.69 Å². The summed E-state index contributed by atoms with van der Waals surface area (Å²) in [5, 5.41) is 5.66.